The lowest BCUT2D eigenvalue weighted by Gasteiger charge is -2.21. The summed E-state index contributed by atoms with van der Waals surface area (Å²) in [5.74, 6) is 0.847. The van der Waals surface area contributed by atoms with Gasteiger partial charge in [0, 0.05) is 12.0 Å². The standard InChI is InChI=1S/C18H20N2O/c1-18(14-19,20-2)12-13-21-17-11-7-6-10-16(17)15-8-4-3-5-9-15/h3-11,20H,12-13H2,1-2H3. The Morgan fingerprint density at radius 1 is 1.10 bits per heavy atom. The summed E-state index contributed by atoms with van der Waals surface area (Å²) in [6, 6.07) is 20.4. The van der Waals surface area contributed by atoms with Gasteiger partial charge in [0.15, 0.2) is 0 Å². The second-order valence-electron chi connectivity index (χ2n) is 5.15. The van der Waals surface area contributed by atoms with Gasteiger partial charge in [0.05, 0.1) is 12.7 Å². The lowest BCUT2D eigenvalue weighted by Crippen LogP contribution is -2.39. The molecule has 1 N–H and O–H groups in total. The minimum absolute atomic E-state index is 0.495. The van der Waals surface area contributed by atoms with Crippen LogP contribution in [-0.4, -0.2) is 19.2 Å². The van der Waals surface area contributed by atoms with Crippen LogP contribution in [-0.2, 0) is 0 Å². The highest BCUT2D eigenvalue weighted by Crippen LogP contribution is 2.29. The Morgan fingerprint density at radius 3 is 2.43 bits per heavy atom. The molecule has 108 valence electrons. The van der Waals surface area contributed by atoms with Crippen LogP contribution in [0, 0.1) is 11.3 Å². The van der Waals surface area contributed by atoms with Gasteiger partial charge in [-0.2, -0.15) is 5.26 Å². The van der Waals surface area contributed by atoms with E-state index in [-0.39, 0.29) is 0 Å². The van der Waals surface area contributed by atoms with Crippen LogP contribution in [0.5, 0.6) is 5.75 Å². The highest BCUT2D eigenvalue weighted by Gasteiger charge is 2.21. The molecule has 0 bridgehead atoms. The highest BCUT2D eigenvalue weighted by molar-refractivity contribution is 5.70. The van der Waals surface area contributed by atoms with Crippen molar-refractivity contribution in [1.29, 1.82) is 5.26 Å². The number of rotatable bonds is 6. The molecule has 0 aliphatic heterocycles. The van der Waals surface area contributed by atoms with Gasteiger partial charge in [0.25, 0.3) is 0 Å². The van der Waals surface area contributed by atoms with Crippen molar-refractivity contribution in [2.24, 2.45) is 0 Å². The third kappa shape index (κ3) is 3.84. The number of nitrogens with zero attached hydrogens (tertiary/aromatic N) is 1. The summed E-state index contributed by atoms with van der Waals surface area (Å²) in [6.07, 6.45) is 0.628. The highest BCUT2D eigenvalue weighted by atomic mass is 16.5. The van der Waals surface area contributed by atoms with Crippen LogP contribution in [0.3, 0.4) is 0 Å². The average Bonchev–Trinajstić information content (AvgIpc) is 2.56. The van der Waals surface area contributed by atoms with Gasteiger partial charge in [-0.1, -0.05) is 48.5 Å². The fourth-order valence-corrected chi connectivity index (χ4v) is 2.05. The Balaban J connectivity index is 2.10. The van der Waals surface area contributed by atoms with E-state index < -0.39 is 5.54 Å². The summed E-state index contributed by atoms with van der Waals surface area (Å²) in [4.78, 5) is 0. The van der Waals surface area contributed by atoms with Gasteiger partial charge in [-0.25, -0.2) is 0 Å². The topological polar surface area (TPSA) is 45.0 Å². The Hall–Kier alpha value is -2.31. The van der Waals surface area contributed by atoms with E-state index in [2.05, 4.69) is 23.5 Å². The minimum Gasteiger partial charge on any atom is -0.493 e. The van der Waals surface area contributed by atoms with Gasteiger partial charge in [-0.05, 0) is 25.6 Å². The van der Waals surface area contributed by atoms with Gasteiger partial charge < -0.3 is 10.1 Å². The smallest absolute Gasteiger partial charge is 0.127 e. The summed E-state index contributed by atoms with van der Waals surface area (Å²) in [6.45, 7) is 2.37. The summed E-state index contributed by atoms with van der Waals surface area (Å²) in [5.41, 5.74) is 1.65. The van der Waals surface area contributed by atoms with E-state index >= 15 is 0 Å². The number of hydrogen-bond donors (Lipinski definition) is 1. The predicted molar refractivity (Wildman–Crippen MR) is 85.1 cm³/mol. The quantitative estimate of drug-likeness (QED) is 0.879. The van der Waals surface area contributed by atoms with E-state index in [0.29, 0.717) is 13.0 Å². The molecule has 2 aromatic carbocycles. The fourth-order valence-electron chi connectivity index (χ4n) is 2.05. The van der Waals surface area contributed by atoms with Crippen molar-refractivity contribution in [3.63, 3.8) is 0 Å². The monoisotopic (exact) mass is 280 g/mol. The Kier molecular flexibility index (Phi) is 4.97. The van der Waals surface area contributed by atoms with E-state index in [0.717, 1.165) is 16.9 Å². The molecule has 0 fully saturated rings. The first-order chi connectivity index (χ1) is 10.2. The van der Waals surface area contributed by atoms with Crippen molar-refractivity contribution < 1.29 is 4.74 Å². The molecular weight excluding hydrogens is 260 g/mol. The maximum Gasteiger partial charge on any atom is 0.127 e. The Morgan fingerprint density at radius 2 is 1.76 bits per heavy atom. The van der Waals surface area contributed by atoms with Gasteiger partial charge in [-0.15, -0.1) is 0 Å². The molecule has 2 rings (SSSR count). The van der Waals surface area contributed by atoms with Crippen molar-refractivity contribution in [2.75, 3.05) is 13.7 Å². The molecule has 0 amide bonds. The molecule has 0 spiro atoms. The summed E-state index contributed by atoms with van der Waals surface area (Å²) < 4.78 is 5.90. The zero-order valence-corrected chi connectivity index (χ0v) is 12.5. The van der Waals surface area contributed by atoms with Gasteiger partial charge in [0.1, 0.15) is 11.3 Å². The minimum atomic E-state index is -0.554. The largest absolute Gasteiger partial charge is 0.493 e. The third-order valence-corrected chi connectivity index (χ3v) is 3.63. The first kappa shape index (κ1) is 15.1. The van der Waals surface area contributed by atoms with E-state index in [1.165, 1.54) is 0 Å². The predicted octanol–water partition coefficient (Wildman–Crippen LogP) is 3.62. The summed E-state index contributed by atoms with van der Waals surface area (Å²) in [7, 11) is 1.79. The molecule has 0 saturated carbocycles. The third-order valence-electron chi connectivity index (χ3n) is 3.63. The number of ether oxygens (including phenoxy) is 1. The molecule has 21 heavy (non-hydrogen) atoms. The number of hydrogen-bond acceptors (Lipinski definition) is 3. The normalized spacial score (nSPS) is 13.2. The summed E-state index contributed by atoms with van der Waals surface area (Å²) in [5, 5.41) is 12.2. The molecule has 2 aromatic rings. The van der Waals surface area contributed by atoms with E-state index in [4.69, 9.17) is 10.00 Å². The molecule has 3 heteroatoms. The maximum atomic E-state index is 9.15. The first-order valence-electron chi connectivity index (χ1n) is 7.06. The van der Waals surface area contributed by atoms with Crippen LogP contribution < -0.4 is 10.1 Å². The number of benzene rings is 2. The van der Waals surface area contributed by atoms with Crippen LogP contribution >= 0.6 is 0 Å². The fraction of sp³-hybridized carbons (Fsp3) is 0.278. The van der Waals surface area contributed by atoms with Gasteiger partial charge in [0.2, 0.25) is 0 Å². The van der Waals surface area contributed by atoms with Crippen LogP contribution in [0.2, 0.25) is 0 Å². The van der Waals surface area contributed by atoms with Crippen molar-refractivity contribution >= 4 is 0 Å². The molecule has 0 aromatic heterocycles. The average molecular weight is 280 g/mol. The number of nitriles is 1. The van der Waals surface area contributed by atoms with E-state index in [1.807, 2.05) is 49.4 Å². The molecule has 0 aliphatic carbocycles. The summed E-state index contributed by atoms with van der Waals surface area (Å²) >= 11 is 0. The van der Waals surface area contributed by atoms with Gasteiger partial charge >= 0.3 is 0 Å². The SMILES string of the molecule is CNC(C)(C#N)CCOc1ccccc1-c1ccccc1. The molecule has 1 unspecified atom stereocenters. The van der Waals surface area contributed by atoms with Crippen molar-refractivity contribution in [3.8, 4) is 22.9 Å². The zero-order chi connectivity index (χ0) is 15.1. The van der Waals surface area contributed by atoms with Crippen molar-refractivity contribution in [1.82, 2.24) is 5.32 Å². The molecule has 0 radical (unpaired) electrons. The van der Waals surface area contributed by atoms with Crippen LogP contribution in [0.25, 0.3) is 11.1 Å². The molecular formula is C18H20N2O. The lowest BCUT2D eigenvalue weighted by molar-refractivity contribution is 0.274. The maximum absolute atomic E-state index is 9.15. The van der Waals surface area contributed by atoms with Crippen LogP contribution in [0.15, 0.2) is 54.6 Å². The molecule has 1 atom stereocenters. The molecule has 0 aliphatic rings. The lowest BCUT2D eigenvalue weighted by atomic mass is 10.0. The van der Waals surface area contributed by atoms with E-state index in [9.17, 15) is 0 Å². The molecule has 0 heterocycles. The van der Waals surface area contributed by atoms with Crippen LogP contribution in [0.1, 0.15) is 13.3 Å². The number of para-hydroxylation sites is 1. The van der Waals surface area contributed by atoms with Crippen molar-refractivity contribution in [3.05, 3.63) is 54.6 Å². The second kappa shape index (κ2) is 6.92. The van der Waals surface area contributed by atoms with Gasteiger partial charge in [-0.3, -0.25) is 0 Å². The van der Waals surface area contributed by atoms with E-state index in [1.54, 1.807) is 7.05 Å². The second-order valence-corrected chi connectivity index (χ2v) is 5.15. The van der Waals surface area contributed by atoms with Crippen molar-refractivity contribution in [2.45, 2.75) is 18.9 Å². The van der Waals surface area contributed by atoms with Crippen LogP contribution in [0.4, 0.5) is 0 Å². The number of nitrogens with one attached hydrogen (secondary N) is 1. The Labute approximate surface area is 126 Å². The molecule has 0 saturated heterocycles. The Bertz CT molecular complexity index is 619. The molecule has 3 nitrogen and oxygen atoms in total. The first-order valence-corrected chi connectivity index (χ1v) is 7.06. The zero-order valence-electron chi connectivity index (χ0n) is 12.5.